The Morgan fingerprint density at radius 2 is 1.21 bits per heavy atom. The Morgan fingerprint density at radius 3 is 1.71 bits per heavy atom. The number of hydrogen-bond donors (Lipinski definition) is 0. The molecular formula is C23H32O. The van der Waals surface area contributed by atoms with E-state index in [0.29, 0.717) is 12.5 Å². The van der Waals surface area contributed by atoms with Gasteiger partial charge in [0.15, 0.2) is 0 Å². The molecule has 2 unspecified atom stereocenters. The summed E-state index contributed by atoms with van der Waals surface area (Å²) in [5, 5.41) is 0. The molecule has 0 fully saturated rings. The van der Waals surface area contributed by atoms with Crippen molar-refractivity contribution in [2.24, 2.45) is 0 Å². The van der Waals surface area contributed by atoms with Crippen molar-refractivity contribution in [1.82, 2.24) is 0 Å². The number of hydrogen-bond acceptors (Lipinski definition) is 1. The Labute approximate surface area is 149 Å². The largest absolute Gasteiger partial charge is 0.446 e. The minimum atomic E-state index is 0.197. The third-order valence-electron chi connectivity index (χ3n) is 3.35. The molecule has 0 spiro atoms. The van der Waals surface area contributed by atoms with E-state index in [-0.39, 0.29) is 5.92 Å². The van der Waals surface area contributed by atoms with Crippen molar-refractivity contribution in [3.63, 3.8) is 0 Å². The van der Waals surface area contributed by atoms with E-state index in [1.54, 1.807) is 0 Å². The Morgan fingerprint density at radius 1 is 0.750 bits per heavy atom. The van der Waals surface area contributed by atoms with E-state index < -0.39 is 0 Å². The van der Waals surface area contributed by atoms with Crippen molar-refractivity contribution < 1.29 is 4.74 Å². The van der Waals surface area contributed by atoms with Crippen molar-refractivity contribution in [2.45, 2.75) is 53.4 Å². The molecule has 0 radical (unpaired) electrons. The first-order valence-electron chi connectivity index (χ1n) is 8.99. The van der Waals surface area contributed by atoms with Crippen molar-refractivity contribution in [3.05, 3.63) is 71.8 Å². The summed E-state index contributed by atoms with van der Waals surface area (Å²) in [5.74, 6) is 3.69. The molecule has 24 heavy (non-hydrogen) atoms. The fourth-order valence-electron chi connectivity index (χ4n) is 2.00. The SMILES string of the molecule is CC.CC.CC(C#COCC(C)c1ccccc1)c1ccccc1. The maximum Gasteiger partial charge on any atom is 0.110 e. The average molecular weight is 325 g/mol. The Bertz CT molecular complexity index is 563. The van der Waals surface area contributed by atoms with Crippen LogP contribution in [0.5, 0.6) is 0 Å². The maximum atomic E-state index is 5.48. The zero-order valence-corrected chi connectivity index (χ0v) is 16.0. The van der Waals surface area contributed by atoms with E-state index >= 15 is 0 Å². The highest BCUT2D eigenvalue weighted by Crippen LogP contribution is 2.15. The summed E-state index contributed by atoms with van der Waals surface area (Å²) in [5.41, 5.74) is 2.50. The van der Waals surface area contributed by atoms with Crippen molar-refractivity contribution in [2.75, 3.05) is 6.61 Å². The first-order valence-corrected chi connectivity index (χ1v) is 8.99. The summed E-state index contributed by atoms with van der Waals surface area (Å²) in [6.07, 6.45) is 2.83. The molecule has 0 saturated carbocycles. The molecule has 130 valence electrons. The normalized spacial score (nSPS) is 11.2. The number of rotatable bonds is 4. The van der Waals surface area contributed by atoms with E-state index in [4.69, 9.17) is 4.74 Å². The number of benzene rings is 2. The molecule has 1 heteroatoms. The smallest absolute Gasteiger partial charge is 0.110 e. The van der Waals surface area contributed by atoms with Crippen LogP contribution in [0.1, 0.15) is 64.5 Å². The highest BCUT2D eigenvalue weighted by atomic mass is 16.5. The van der Waals surface area contributed by atoms with Crippen LogP contribution in [0.4, 0.5) is 0 Å². The van der Waals surface area contributed by atoms with Crippen molar-refractivity contribution >= 4 is 0 Å². The monoisotopic (exact) mass is 324 g/mol. The molecule has 0 heterocycles. The minimum Gasteiger partial charge on any atom is -0.446 e. The lowest BCUT2D eigenvalue weighted by atomic mass is 10.0. The zero-order chi connectivity index (χ0) is 18.2. The van der Waals surface area contributed by atoms with E-state index in [1.165, 1.54) is 11.1 Å². The second-order valence-corrected chi connectivity index (χ2v) is 5.00. The molecule has 0 amide bonds. The van der Waals surface area contributed by atoms with Gasteiger partial charge in [-0.05, 0) is 18.1 Å². The quantitative estimate of drug-likeness (QED) is 0.574. The van der Waals surface area contributed by atoms with Gasteiger partial charge in [-0.25, -0.2) is 0 Å². The molecule has 0 aromatic heterocycles. The van der Waals surface area contributed by atoms with Crippen LogP contribution >= 0.6 is 0 Å². The summed E-state index contributed by atoms with van der Waals surface area (Å²) >= 11 is 0. The lowest BCUT2D eigenvalue weighted by molar-refractivity contribution is 0.257. The van der Waals surface area contributed by atoms with Gasteiger partial charge < -0.3 is 4.74 Å². The molecule has 2 atom stereocenters. The van der Waals surface area contributed by atoms with Crippen LogP contribution in [0, 0.1) is 12.0 Å². The molecule has 0 aliphatic rings. The van der Waals surface area contributed by atoms with E-state index in [0.717, 1.165) is 0 Å². The molecular weight excluding hydrogens is 292 g/mol. The van der Waals surface area contributed by atoms with Crippen LogP contribution in [0.3, 0.4) is 0 Å². The van der Waals surface area contributed by atoms with Crippen LogP contribution in [0.25, 0.3) is 0 Å². The van der Waals surface area contributed by atoms with Crippen molar-refractivity contribution in [3.8, 4) is 12.0 Å². The van der Waals surface area contributed by atoms with Crippen LogP contribution in [-0.4, -0.2) is 6.61 Å². The molecule has 2 aromatic rings. The molecule has 0 bridgehead atoms. The molecule has 1 nitrogen and oxygen atoms in total. The predicted molar refractivity (Wildman–Crippen MR) is 106 cm³/mol. The lowest BCUT2D eigenvalue weighted by Crippen LogP contribution is -2.01. The van der Waals surface area contributed by atoms with Crippen LogP contribution in [0.15, 0.2) is 60.7 Å². The fourth-order valence-corrected chi connectivity index (χ4v) is 2.00. The molecule has 2 rings (SSSR count). The highest BCUT2D eigenvalue weighted by Gasteiger charge is 2.04. The van der Waals surface area contributed by atoms with Gasteiger partial charge in [-0.1, -0.05) is 101 Å². The standard InChI is InChI=1S/C19H20O.2C2H6/c1-16(18-9-5-3-6-10-18)13-14-20-15-17(2)19-11-7-4-8-12-19;2*1-2/h3-12,16-17H,15H2,1-2H3;2*1-2H3. The first-order chi connectivity index (χ1) is 11.8. The Hall–Kier alpha value is -2.20. The van der Waals surface area contributed by atoms with Gasteiger partial charge in [-0.15, -0.1) is 0 Å². The Kier molecular flexibility index (Phi) is 13.1. The summed E-state index contributed by atoms with van der Waals surface area (Å²) < 4.78 is 5.48. The lowest BCUT2D eigenvalue weighted by Gasteiger charge is -2.09. The van der Waals surface area contributed by atoms with Gasteiger partial charge in [0, 0.05) is 11.8 Å². The summed E-state index contributed by atoms with van der Waals surface area (Å²) in [7, 11) is 0. The Balaban J connectivity index is 0.00000123. The third-order valence-corrected chi connectivity index (χ3v) is 3.35. The van der Waals surface area contributed by atoms with Gasteiger partial charge in [-0.2, -0.15) is 0 Å². The van der Waals surface area contributed by atoms with Crippen LogP contribution in [-0.2, 0) is 4.74 Å². The topological polar surface area (TPSA) is 9.23 Å². The van der Waals surface area contributed by atoms with Gasteiger partial charge >= 0.3 is 0 Å². The van der Waals surface area contributed by atoms with Gasteiger partial charge in [0.2, 0.25) is 0 Å². The summed E-state index contributed by atoms with van der Waals surface area (Å²) in [4.78, 5) is 0. The zero-order valence-electron chi connectivity index (χ0n) is 16.0. The average Bonchev–Trinajstić information content (AvgIpc) is 2.69. The third kappa shape index (κ3) is 8.44. The number of ether oxygens (including phenoxy) is 1. The predicted octanol–water partition coefficient (Wildman–Crippen LogP) is 6.62. The van der Waals surface area contributed by atoms with Crippen LogP contribution < -0.4 is 0 Å². The molecule has 0 N–H and O–H groups in total. The van der Waals surface area contributed by atoms with Gasteiger partial charge in [0.05, 0.1) is 0 Å². The minimum absolute atomic E-state index is 0.197. The highest BCUT2D eigenvalue weighted by molar-refractivity contribution is 5.26. The van der Waals surface area contributed by atoms with E-state index in [1.807, 2.05) is 52.0 Å². The molecule has 0 aliphatic carbocycles. The first kappa shape index (κ1) is 21.8. The second kappa shape index (κ2) is 14.4. The van der Waals surface area contributed by atoms with Crippen LogP contribution in [0.2, 0.25) is 0 Å². The molecule has 2 aromatic carbocycles. The fraction of sp³-hybridized carbons (Fsp3) is 0.391. The van der Waals surface area contributed by atoms with Crippen molar-refractivity contribution in [1.29, 1.82) is 0 Å². The van der Waals surface area contributed by atoms with E-state index in [9.17, 15) is 0 Å². The van der Waals surface area contributed by atoms with E-state index in [2.05, 4.69) is 62.3 Å². The summed E-state index contributed by atoms with van der Waals surface area (Å²) in [6.45, 7) is 12.9. The summed E-state index contributed by atoms with van der Waals surface area (Å²) in [6, 6.07) is 20.6. The second-order valence-electron chi connectivity index (χ2n) is 5.00. The maximum absolute atomic E-state index is 5.48. The molecule has 0 saturated heterocycles. The molecule has 0 aliphatic heterocycles. The van der Waals surface area contributed by atoms with Gasteiger partial charge in [0.1, 0.15) is 12.7 Å². The van der Waals surface area contributed by atoms with Gasteiger partial charge in [0.25, 0.3) is 0 Å². The van der Waals surface area contributed by atoms with Gasteiger partial charge in [-0.3, -0.25) is 0 Å².